The lowest BCUT2D eigenvalue weighted by Gasteiger charge is -2.16. The fourth-order valence-electron chi connectivity index (χ4n) is 1.81. The van der Waals surface area contributed by atoms with Crippen LogP contribution in [0.2, 0.25) is 0 Å². The summed E-state index contributed by atoms with van der Waals surface area (Å²) in [5.74, 6) is -0.429. The van der Waals surface area contributed by atoms with Crippen LogP contribution in [-0.2, 0) is 14.6 Å². The SMILES string of the molecule is CS(=O)(=O)CCC(NC(=O)NCC1CCCS1)C(=O)O. The Morgan fingerprint density at radius 1 is 1.45 bits per heavy atom. The average Bonchev–Trinajstić information content (AvgIpc) is 2.83. The smallest absolute Gasteiger partial charge is 0.326 e. The lowest BCUT2D eigenvalue weighted by molar-refractivity contribution is -0.139. The number of urea groups is 1. The molecule has 1 aliphatic heterocycles. The Balaban J connectivity index is 2.36. The van der Waals surface area contributed by atoms with Gasteiger partial charge in [0, 0.05) is 18.1 Å². The summed E-state index contributed by atoms with van der Waals surface area (Å²) < 4.78 is 22.0. The van der Waals surface area contributed by atoms with Gasteiger partial charge in [0.2, 0.25) is 0 Å². The highest BCUT2D eigenvalue weighted by atomic mass is 32.2. The number of carboxylic acids is 1. The van der Waals surface area contributed by atoms with Crippen molar-refractivity contribution in [2.75, 3.05) is 24.3 Å². The van der Waals surface area contributed by atoms with Crippen molar-refractivity contribution in [3.63, 3.8) is 0 Å². The van der Waals surface area contributed by atoms with Crippen molar-refractivity contribution in [2.24, 2.45) is 0 Å². The van der Waals surface area contributed by atoms with E-state index in [0.29, 0.717) is 11.8 Å². The van der Waals surface area contributed by atoms with Gasteiger partial charge >= 0.3 is 12.0 Å². The molecule has 20 heavy (non-hydrogen) atoms. The van der Waals surface area contributed by atoms with Crippen molar-refractivity contribution in [3.05, 3.63) is 0 Å². The number of carboxylic acid groups (broad SMARTS) is 1. The van der Waals surface area contributed by atoms with Crippen LogP contribution >= 0.6 is 11.8 Å². The normalized spacial score (nSPS) is 20.4. The van der Waals surface area contributed by atoms with Gasteiger partial charge < -0.3 is 15.7 Å². The molecule has 0 aromatic carbocycles. The Morgan fingerprint density at radius 3 is 2.65 bits per heavy atom. The third kappa shape index (κ3) is 6.99. The number of thioether (sulfide) groups is 1. The van der Waals surface area contributed by atoms with E-state index < -0.39 is 27.9 Å². The van der Waals surface area contributed by atoms with Crippen molar-refractivity contribution < 1.29 is 23.1 Å². The molecule has 2 unspecified atom stereocenters. The van der Waals surface area contributed by atoms with Crippen LogP contribution in [0.5, 0.6) is 0 Å². The molecule has 0 aliphatic carbocycles. The topological polar surface area (TPSA) is 113 Å². The standard InChI is InChI=1S/C11H20N2O5S2/c1-20(17,18)6-4-9(10(14)15)13-11(16)12-7-8-3-2-5-19-8/h8-9H,2-7H2,1H3,(H,14,15)(H2,12,13,16). The van der Waals surface area contributed by atoms with Crippen molar-refractivity contribution >= 4 is 33.6 Å². The first-order valence-corrected chi connectivity index (χ1v) is 9.45. The molecule has 1 rings (SSSR count). The van der Waals surface area contributed by atoms with Crippen molar-refractivity contribution in [1.82, 2.24) is 10.6 Å². The molecule has 0 spiro atoms. The molecule has 1 heterocycles. The maximum atomic E-state index is 11.6. The van der Waals surface area contributed by atoms with Crippen LogP contribution in [0.4, 0.5) is 4.79 Å². The number of hydrogen-bond acceptors (Lipinski definition) is 5. The van der Waals surface area contributed by atoms with Crippen LogP contribution in [0.1, 0.15) is 19.3 Å². The lowest BCUT2D eigenvalue weighted by atomic mass is 10.2. The molecule has 0 radical (unpaired) electrons. The monoisotopic (exact) mass is 324 g/mol. The van der Waals surface area contributed by atoms with Gasteiger partial charge in [-0.25, -0.2) is 18.0 Å². The molecule has 0 aromatic heterocycles. The van der Waals surface area contributed by atoms with E-state index >= 15 is 0 Å². The van der Waals surface area contributed by atoms with Gasteiger partial charge in [-0.3, -0.25) is 0 Å². The molecular weight excluding hydrogens is 304 g/mol. The molecule has 2 atom stereocenters. The summed E-state index contributed by atoms with van der Waals surface area (Å²) >= 11 is 1.79. The molecule has 3 N–H and O–H groups in total. The molecule has 2 amide bonds. The Morgan fingerprint density at radius 2 is 2.15 bits per heavy atom. The zero-order valence-electron chi connectivity index (χ0n) is 11.3. The van der Waals surface area contributed by atoms with E-state index in [9.17, 15) is 18.0 Å². The van der Waals surface area contributed by atoms with Crippen LogP contribution in [-0.4, -0.2) is 61.1 Å². The minimum absolute atomic E-state index is 0.139. The predicted octanol–water partition coefficient (Wildman–Crippen LogP) is 0.0691. The maximum absolute atomic E-state index is 11.6. The highest BCUT2D eigenvalue weighted by Gasteiger charge is 2.22. The Hall–Kier alpha value is -0.960. The molecule has 0 saturated carbocycles. The van der Waals surface area contributed by atoms with E-state index in [0.717, 1.165) is 24.9 Å². The minimum Gasteiger partial charge on any atom is -0.480 e. The number of carbonyl (C=O) groups excluding carboxylic acids is 1. The number of rotatable bonds is 7. The number of carbonyl (C=O) groups is 2. The molecule has 1 fully saturated rings. The third-order valence-corrected chi connectivity index (χ3v) is 5.27. The summed E-state index contributed by atoms with van der Waals surface area (Å²) in [7, 11) is -3.25. The largest absolute Gasteiger partial charge is 0.480 e. The average molecular weight is 324 g/mol. The van der Waals surface area contributed by atoms with Gasteiger partial charge in [-0.1, -0.05) is 0 Å². The number of sulfone groups is 1. The quantitative estimate of drug-likeness (QED) is 0.611. The zero-order chi connectivity index (χ0) is 15.2. The van der Waals surface area contributed by atoms with Crippen molar-refractivity contribution in [1.29, 1.82) is 0 Å². The van der Waals surface area contributed by atoms with Gasteiger partial charge in [-0.15, -0.1) is 0 Å². The third-order valence-electron chi connectivity index (χ3n) is 2.90. The number of nitrogens with one attached hydrogen (secondary N) is 2. The van der Waals surface area contributed by atoms with Gasteiger partial charge in [0.15, 0.2) is 0 Å². The highest BCUT2D eigenvalue weighted by Crippen LogP contribution is 2.25. The number of amides is 2. The Labute approximate surface area is 122 Å². The van der Waals surface area contributed by atoms with Crippen LogP contribution < -0.4 is 10.6 Å². The van der Waals surface area contributed by atoms with Gasteiger partial charge in [0.05, 0.1) is 5.75 Å². The summed E-state index contributed by atoms with van der Waals surface area (Å²) in [4.78, 5) is 22.6. The molecule has 9 heteroatoms. The van der Waals surface area contributed by atoms with Crippen molar-refractivity contribution in [3.8, 4) is 0 Å². The van der Waals surface area contributed by atoms with Gasteiger partial charge in [-0.2, -0.15) is 11.8 Å². The van der Waals surface area contributed by atoms with Gasteiger partial charge in [0.1, 0.15) is 15.9 Å². The van der Waals surface area contributed by atoms with E-state index in [1.807, 2.05) is 0 Å². The number of hydrogen-bond donors (Lipinski definition) is 3. The number of aliphatic carboxylic acids is 1. The van der Waals surface area contributed by atoms with E-state index in [1.54, 1.807) is 11.8 Å². The van der Waals surface area contributed by atoms with E-state index in [2.05, 4.69) is 10.6 Å². The first kappa shape index (κ1) is 17.1. The second kappa shape index (κ2) is 7.72. The van der Waals surface area contributed by atoms with Crippen LogP contribution in [0, 0.1) is 0 Å². The second-order valence-corrected chi connectivity index (χ2v) is 8.47. The highest BCUT2D eigenvalue weighted by molar-refractivity contribution is 8.00. The summed E-state index contributed by atoms with van der Waals surface area (Å²) in [6.45, 7) is 0.495. The molecule has 0 bridgehead atoms. The Kier molecular flexibility index (Phi) is 6.60. The van der Waals surface area contributed by atoms with Gasteiger partial charge in [-0.05, 0) is 25.0 Å². The first-order valence-electron chi connectivity index (χ1n) is 6.34. The van der Waals surface area contributed by atoms with E-state index in [4.69, 9.17) is 5.11 Å². The summed E-state index contributed by atoms with van der Waals surface area (Å²) in [6.07, 6.45) is 3.06. The molecule has 1 aliphatic rings. The van der Waals surface area contributed by atoms with Crippen molar-refractivity contribution in [2.45, 2.75) is 30.6 Å². The molecular formula is C11H20N2O5S2. The van der Waals surface area contributed by atoms with Crippen LogP contribution in [0.15, 0.2) is 0 Å². The summed E-state index contributed by atoms with van der Waals surface area (Å²) in [5, 5.41) is 14.2. The fraction of sp³-hybridized carbons (Fsp3) is 0.818. The van der Waals surface area contributed by atoms with Crippen LogP contribution in [0.25, 0.3) is 0 Å². The first-order chi connectivity index (χ1) is 9.28. The zero-order valence-corrected chi connectivity index (χ0v) is 12.9. The minimum atomic E-state index is -3.25. The van der Waals surface area contributed by atoms with E-state index in [-0.39, 0.29) is 12.2 Å². The summed E-state index contributed by atoms with van der Waals surface area (Å²) in [6, 6.07) is -1.76. The fourth-order valence-corrected chi connectivity index (χ4v) is 3.68. The predicted molar refractivity (Wildman–Crippen MR) is 77.8 cm³/mol. The van der Waals surface area contributed by atoms with E-state index in [1.165, 1.54) is 0 Å². The lowest BCUT2D eigenvalue weighted by Crippen LogP contribution is -2.47. The summed E-state index contributed by atoms with van der Waals surface area (Å²) in [5.41, 5.74) is 0. The molecule has 1 saturated heterocycles. The molecule has 0 aromatic rings. The Bertz CT molecular complexity index is 446. The molecule has 116 valence electrons. The van der Waals surface area contributed by atoms with Crippen LogP contribution in [0.3, 0.4) is 0 Å². The second-order valence-electron chi connectivity index (χ2n) is 4.80. The maximum Gasteiger partial charge on any atom is 0.326 e. The molecule has 7 nitrogen and oxygen atoms in total. The van der Waals surface area contributed by atoms with Gasteiger partial charge in [0.25, 0.3) is 0 Å².